The Bertz CT molecular complexity index is 812. The van der Waals surface area contributed by atoms with Crippen molar-refractivity contribution >= 4 is 15.9 Å². The second-order valence-corrected chi connectivity index (χ2v) is 5.99. The molecule has 1 N–H and O–H groups in total. The summed E-state index contributed by atoms with van der Waals surface area (Å²) >= 11 is 0. The number of carbonyl (C=O) groups excluding carboxylic acids is 1. The summed E-state index contributed by atoms with van der Waals surface area (Å²) in [6.45, 7) is 2.95. The Labute approximate surface area is 119 Å². The van der Waals surface area contributed by atoms with Gasteiger partial charge in [-0.15, -0.1) is 0 Å². The lowest BCUT2D eigenvalue weighted by atomic mass is 10.2. The Morgan fingerprint density at radius 2 is 1.86 bits per heavy atom. The number of halogens is 2. The zero-order valence-electron chi connectivity index (χ0n) is 11.1. The van der Waals surface area contributed by atoms with Crippen LogP contribution in [-0.2, 0) is 10.0 Å². The van der Waals surface area contributed by atoms with Gasteiger partial charge in [0, 0.05) is 6.07 Å². The topological polar surface area (TPSA) is 76.4 Å². The summed E-state index contributed by atoms with van der Waals surface area (Å²) in [6.07, 6.45) is 0. The average Bonchev–Trinajstić information content (AvgIpc) is 2.71. The van der Waals surface area contributed by atoms with Crippen molar-refractivity contribution in [3.05, 3.63) is 53.0 Å². The molecule has 0 aliphatic rings. The van der Waals surface area contributed by atoms with Crippen LogP contribution in [0.4, 0.5) is 8.78 Å². The van der Waals surface area contributed by atoms with Gasteiger partial charge in [-0.25, -0.2) is 21.9 Å². The number of hydrogen-bond donors (Lipinski definition) is 1. The Morgan fingerprint density at radius 3 is 2.43 bits per heavy atom. The molecular formula is C13H11F2NO4S. The summed E-state index contributed by atoms with van der Waals surface area (Å²) in [7, 11) is -4.23. The molecule has 0 saturated carbocycles. The smallest absolute Gasteiger partial charge is 0.268 e. The van der Waals surface area contributed by atoms with Crippen LogP contribution in [0.2, 0.25) is 0 Å². The third-order valence-corrected chi connectivity index (χ3v) is 4.12. The zero-order valence-corrected chi connectivity index (χ0v) is 11.9. The number of benzene rings is 1. The number of sulfonamides is 1. The van der Waals surface area contributed by atoms with Crippen LogP contribution in [0.15, 0.2) is 33.6 Å². The highest BCUT2D eigenvalue weighted by molar-refractivity contribution is 7.90. The first kappa shape index (κ1) is 15.2. The number of carbonyl (C=O) groups is 1. The summed E-state index contributed by atoms with van der Waals surface area (Å²) in [6, 6.07) is 3.41. The van der Waals surface area contributed by atoms with E-state index in [9.17, 15) is 22.0 Å². The van der Waals surface area contributed by atoms with E-state index in [2.05, 4.69) is 0 Å². The summed E-state index contributed by atoms with van der Waals surface area (Å²) in [5.74, 6) is -2.70. The molecule has 1 amide bonds. The number of rotatable bonds is 3. The van der Waals surface area contributed by atoms with Gasteiger partial charge < -0.3 is 4.42 Å². The molecule has 0 aliphatic heterocycles. The molecule has 0 aliphatic carbocycles. The molecule has 0 unspecified atom stereocenters. The molecule has 21 heavy (non-hydrogen) atoms. The van der Waals surface area contributed by atoms with Gasteiger partial charge in [0.1, 0.15) is 28.1 Å². The number of furan rings is 1. The number of aryl methyl sites for hydroxylation is 2. The average molecular weight is 315 g/mol. The molecule has 0 atom stereocenters. The number of nitrogens with one attached hydrogen (secondary N) is 1. The maximum Gasteiger partial charge on any atom is 0.268 e. The van der Waals surface area contributed by atoms with E-state index >= 15 is 0 Å². The maximum atomic E-state index is 13.4. The van der Waals surface area contributed by atoms with Crippen molar-refractivity contribution < 1.29 is 26.4 Å². The molecule has 2 rings (SSSR count). The van der Waals surface area contributed by atoms with E-state index in [4.69, 9.17) is 4.42 Å². The normalized spacial score (nSPS) is 11.4. The van der Waals surface area contributed by atoms with Gasteiger partial charge in [-0.3, -0.25) is 4.79 Å². The fourth-order valence-corrected chi connectivity index (χ4v) is 2.98. The molecule has 112 valence electrons. The van der Waals surface area contributed by atoms with Crippen LogP contribution < -0.4 is 4.72 Å². The maximum absolute atomic E-state index is 13.4. The van der Waals surface area contributed by atoms with E-state index in [-0.39, 0.29) is 10.7 Å². The Balaban J connectivity index is 2.35. The fraction of sp³-hybridized carbons (Fsp3) is 0.154. The van der Waals surface area contributed by atoms with Gasteiger partial charge in [-0.2, -0.15) is 0 Å². The van der Waals surface area contributed by atoms with Crippen molar-refractivity contribution in [2.45, 2.75) is 18.7 Å². The highest BCUT2D eigenvalue weighted by Crippen LogP contribution is 2.19. The molecule has 0 saturated heterocycles. The van der Waals surface area contributed by atoms with Crippen LogP contribution in [0.1, 0.15) is 21.9 Å². The molecular weight excluding hydrogens is 304 g/mol. The van der Waals surface area contributed by atoms with Crippen molar-refractivity contribution in [1.29, 1.82) is 0 Å². The largest absolute Gasteiger partial charge is 0.465 e. The minimum atomic E-state index is -4.23. The summed E-state index contributed by atoms with van der Waals surface area (Å²) < 4.78 is 57.3. The van der Waals surface area contributed by atoms with Crippen LogP contribution in [0, 0.1) is 25.5 Å². The number of amides is 1. The molecule has 1 aromatic carbocycles. The lowest BCUT2D eigenvalue weighted by Gasteiger charge is -2.06. The van der Waals surface area contributed by atoms with Crippen LogP contribution in [0.3, 0.4) is 0 Å². The summed E-state index contributed by atoms with van der Waals surface area (Å²) in [5.41, 5.74) is -0.698. The van der Waals surface area contributed by atoms with Gasteiger partial charge in [-0.1, -0.05) is 0 Å². The minimum Gasteiger partial charge on any atom is -0.465 e. The molecule has 1 heterocycles. The summed E-state index contributed by atoms with van der Waals surface area (Å²) in [4.78, 5) is 11.6. The van der Waals surface area contributed by atoms with Gasteiger partial charge >= 0.3 is 0 Å². The SMILES string of the molecule is Cc1cc(S(=O)(=O)NC(=O)c2cc(F)ccc2F)c(C)o1. The van der Waals surface area contributed by atoms with Gasteiger partial charge in [0.25, 0.3) is 15.9 Å². The molecule has 8 heteroatoms. The fourth-order valence-electron chi connectivity index (χ4n) is 1.78. The van der Waals surface area contributed by atoms with Crippen LogP contribution in [0.25, 0.3) is 0 Å². The molecule has 0 fully saturated rings. The standard InChI is InChI=1S/C13H11F2NO4S/c1-7-5-12(8(2)20-7)21(18,19)16-13(17)10-6-9(14)3-4-11(10)15/h3-6H,1-2H3,(H,16,17). The van der Waals surface area contributed by atoms with E-state index in [0.717, 1.165) is 12.1 Å². The lowest BCUT2D eigenvalue weighted by molar-refractivity contribution is 0.0977. The second-order valence-electron chi connectivity index (χ2n) is 4.34. The van der Waals surface area contributed by atoms with Gasteiger partial charge in [0.05, 0.1) is 5.56 Å². The van der Waals surface area contributed by atoms with E-state index in [1.807, 2.05) is 0 Å². The van der Waals surface area contributed by atoms with E-state index in [1.54, 1.807) is 11.6 Å². The first-order valence-electron chi connectivity index (χ1n) is 5.80. The predicted octanol–water partition coefficient (Wildman–Crippen LogP) is 2.29. The van der Waals surface area contributed by atoms with Gasteiger partial charge in [0.15, 0.2) is 0 Å². The molecule has 2 aromatic rings. The molecule has 0 radical (unpaired) electrons. The molecule has 0 bridgehead atoms. The molecule has 0 spiro atoms. The Morgan fingerprint density at radius 1 is 1.19 bits per heavy atom. The summed E-state index contributed by atoms with van der Waals surface area (Å²) in [5, 5.41) is 0. The lowest BCUT2D eigenvalue weighted by Crippen LogP contribution is -2.31. The van der Waals surface area contributed by atoms with E-state index in [0.29, 0.717) is 11.8 Å². The minimum absolute atomic E-state index is 0.0903. The van der Waals surface area contributed by atoms with Gasteiger partial charge in [-0.05, 0) is 32.0 Å². The molecule has 5 nitrogen and oxygen atoms in total. The highest BCUT2D eigenvalue weighted by Gasteiger charge is 2.25. The van der Waals surface area contributed by atoms with E-state index < -0.39 is 33.1 Å². The van der Waals surface area contributed by atoms with Crippen molar-refractivity contribution in [2.75, 3.05) is 0 Å². The van der Waals surface area contributed by atoms with Crippen LogP contribution in [-0.4, -0.2) is 14.3 Å². The molecule has 1 aromatic heterocycles. The Hall–Kier alpha value is -2.22. The van der Waals surface area contributed by atoms with Crippen molar-refractivity contribution in [3.8, 4) is 0 Å². The van der Waals surface area contributed by atoms with Crippen LogP contribution in [0.5, 0.6) is 0 Å². The Kier molecular flexibility index (Phi) is 3.82. The second kappa shape index (κ2) is 5.28. The third-order valence-electron chi connectivity index (χ3n) is 2.69. The highest BCUT2D eigenvalue weighted by atomic mass is 32.2. The zero-order chi connectivity index (χ0) is 15.8. The first-order valence-corrected chi connectivity index (χ1v) is 7.28. The number of hydrogen-bond acceptors (Lipinski definition) is 4. The van der Waals surface area contributed by atoms with Crippen molar-refractivity contribution in [1.82, 2.24) is 4.72 Å². The van der Waals surface area contributed by atoms with Gasteiger partial charge in [0.2, 0.25) is 0 Å². The monoisotopic (exact) mass is 315 g/mol. The predicted molar refractivity (Wildman–Crippen MR) is 69.2 cm³/mol. The quantitative estimate of drug-likeness (QED) is 0.943. The first-order chi connectivity index (χ1) is 9.70. The van der Waals surface area contributed by atoms with Crippen LogP contribution >= 0.6 is 0 Å². The van der Waals surface area contributed by atoms with Crippen molar-refractivity contribution in [3.63, 3.8) is 0 Å². The third kappa shape index (κ3) is 3.10. The van der Waals surface area contributed by atoms with Crippen molar-refractivity contribution in [2.24, 2.45) is 0 Å². The van der Waals surface area contributed by atoms with E-state index in [1.165, 1.54) is 13.0 Å².